The number of aryl methyl sites for hydroxylation is 1. The lowest BCUT2D eigenvalue weighted by molar-refractivity contribution is 0.602. The second-order valence-corrected chi connectivity index (χ2v) is 4.89. The third-order valence-electron chi connectivity index (χ3n) is 3.39. The van der Waals surface area contributed by atoms with Gasteiger partial charge in [-0.25, -0.2) is 0 Å². The maximum absolute atomic E-state index is 4.56. The van der Waals surface area contributed by atoms with E-state index < -0.39 is 0 Å². The predicted octanol–water partition coefficient (Wildman–Crippen LogP) is 5.92. The van der Waals surface area contributed by atoms with E-state index in [4.69, 9.17) is 0 Å². The molecule has 0 saturated heterocycles. The molecule has 2 rings (SSSR count). The molecule has 0 atom stereocenters. The molecule has 1 nitrogen and oxygen atoms in total. The first kappa shape index (κ1) is 18.1. The molecule has 0 aromatic carbocycles. The van der Waals surface area contributed by atoms with Gasteiger partial charge in [0.1, 0.15) is 0 Å². The van der Waals surface area contributed by atoms with Crippen molar-refractivity contribution in [3.63, 3.8) is 0 Å². The molecular formula is C18H33N. The average Bonchev–Trinajstić information content (AvgIpc) is 2.43. The highest BCUT2D eigenvalue weighted by atomic mass is 14.7. The van der Waals surface area contributed by atoms with Crippen molar-refractivity contribution in [2.75, 3.05) is 0 Å². The topological polar surface area (TPSA) is 12.9 Å². The molecule has 0 radical (unpaired) electrons. The Kier molecular flexibility index (Phi) is 10.5. The summed E-state index contributed by atoms with van der Waals surface area (Å²) in [5.74, 6) is 0.640. The molecule has 19 heavy (non-hydrogen) atoms. The third-order valence-corrected chi connectivity index (χ3v) is 3.39. The van der Waals surface area contributed by atoms with Gasteiger partial charge >= 0.3 is 0 Å². The van der Waals surface area contributed by atoms with E-state index in [-0.39, 0.29) is 0 Å². The summed E-state index contributed by atoms with van der Waals surface area (Å²) in [4.78, 5) is 4.56. The smallest absolute Gasteiger partial charge is 0.0438 e. The van der Waals surface area contributed by atoms with E-state index in [0.29, 0.717) is 5.92 Å². The first-order valence-electron chi connectivity index (χ1n) is 8.25. The summed E-state index contributed by atoms with van der Waals surface area (Å²) in [5.41, 5.74) is 4.47. The standard InChI is InChI=1S/C14H21N.2C2H6/c1-11(2)12-9-10-15-14-8-6-4-3-5-7-13(12)14;2*1-2/h9-11H,3-8H2,1-2H3;2*1-2H3. The van der Waals surface area contributed by atoms with Gasteiger partial charge in [0.25, 0.3) is 0 Å². The molecular weight excluding hydrogens is 230 g/mol. The van der Waals surface area contributed by atoms with Crippen LogP contribution in [0, 0.1) is 0 Å². The van der Waals surface area contributed by atoms with Crippen LogP contribution in [-0.2, 0) is 12.8 Å². The van der Waals surface area contributed by atoms with E-state index >= 15 is 0 Å². The van der Waals surface area contributed by atoms with Gasteiger partial charge in [0.15, 0.2) is 0 Å². The zero-order valence-electron chi connectivity index (χ0n) is 13.9. The molecule has 0 N–H and O–H groups in total. The van der Waals surface area contributed by atoms with Gasteiger partial charge < -0.3 is 0 Å². The Labute approximate surface area is 120 Å². The van der Waals surface area contributed by atoms with Crippen LogP contribution in [0.3, 0.4) is 0 Å². The average molecular weight is 263 g/mol. The summed E-state index contributed by atoms with van der Waals surface area (Å²) in [5, 5.41) is 0. The lowest BCUT2D eigenvalue weighted by Crippen LogP contribution is -2.07. The van der Waals surface area contributed by atoms with Gasteiger partial charge in [0, 0.05) is 11.9 Å². The van der Waals surface area contributed by atoms with Crippen molar-refractivity contribution in [1.82, 2.24) is 4.98 Å². The summed E-state index contributed by atoms with van der Waals surface area (Å²) in [7, 11) is 0. The van der Waals surface area contributed by atoms with Crippen LogP contribution in [0.1, 0.15) is 90.0 Å². The number of fused-ring (bicyclic) bond motifs is 1. The van der Waals surface area contributed by atoms with Gasteiger partial charge in [0.05, 0.1) is 0 Å². The van der Waals surface area contributed by atoms with Crippen LogP contribution in [0.25, 0.3) is 0 Å². The number of pyridine rings is 1. The summed E-state index contributed by atoms with van der Waals surface area (Å²) in [6.45, 7) is 12.6. The fraction of sp³-hybridized carbons (Fsp3) is 0.722. The minimum atomic E-state index is 0.640. The molecule has 0 spiro atoms. The van der Waals surface area contributed by atoms with Crippen LogP contribution < -0.4 is 0 Å². The van der Waals surface area contributed by atoms with Crippen LogP contribution in [-0.4, -0.2) is 4.98 Å². The van der Waals surface area contributed by atoms with Crippen molar-refractivity contribution in [3.05, 3.63) is 29.1 Å². The van der Waals surface area contributed by atoms with Crippen LogP contribution >= 0.6 is 0 Å². The number of hydrogen-bond acceptors (Lipinski definition) is 1. The highest BCUT2D eigenvalue weighted by Gasteiger charge is 2.13. The van der Waals surface area contributed by atoms with E-state index in [0.717, 1.165) is 0 Å². The van der Waals surface area contributed by atoms with Gasteiger partial charge in [-0.15, -0.1) is 0 Å². The van der Waals surface area contributed by atoms with Crippen molar-refractivity contribution in [3.8, 4) is 0 Å². The van der Waals surface area contributed by atoms with E-state index in [1.807, 2.05) is 33.9 Å². The second-order valence-electron chi connectivity index (χ2n) is 4.89. The van der Waals surface area contributed by atoms with Crippen molar-refractivity contribution in [2.45, 2.75) is 86.0 Å². The van der Waals surface area contributed by atoms with Gasteiger partial charge in [0.2, 0.25) is 0 Å². The Morgan fingerprint density at radius 1 is 0.895 bits per heavy atom. The number of nitrogens with zero attached hydrogens (tertiary/aromatic N) is 1. The summed E-state index contributed by atoms with van der Waals surface area (Å²) in [6.07, 6.45) is 9.88. The van der Waals surface area contributed by atoms with Gasteiger partial charge in [-0.3, -0.25) is 4.98 Å². The SMILES string of the molecule is CC.CC.CC(C)c1ccnc2c1CCCCCC2. The largest absolute Gasteiger partial charge is 0.261 e. The Morgan fingerprint density at radius 2 is 1.47 bits per heavy atom. The van der Waals surface area contributed by atoms with Crippen molar-refractivity contribution in [1.29, 1.82) is 0 Å². The fourth-order valence-corrected chi connectivity index (χ4v) is 2.55. The Bertz CT molecular complexity index is 328. The number of hydrogen-bond donors (Lipinski definition) is 0. The molecule has 1 aliphatic carbocycles. The molecule has 0 saturated carbocycles. The molecule has 0 aliphatic heterocycles. The zero-order valence-corrected chi connectivity index (χ0v) is 13.9. The van der Waals surface area contributed by atoms with Crippen molar-refractivity contribution >= 4 is 0 Å². The molecule has 0 amide bonds. The quantitative estimate of drug-likeness (QED) is 0.613. The zero-order chi connectivity index (χ0) is 14.7. The van der Waals surface area contributed by atoms with Crippen LogP contribution in [0.15, 0.2) is 12.3 Å². The molecule has 1 aliphatic rings. The van der Waals surface area contributed by atoms with Crippen LogP contribution in [0.5, 0.6) is 0 Å². The summed E-state index contributed by atoms with van der Waals surface area (Å²) >= 11 is 0. The molecule has 110 valence electrons. The Morgan fingerprint density at radius 3 is 2.05 bits per heavy atom. The predicted molar refractivity (Wildman–Crippen MR) is 86.9 cm³/mol. The maximum Gasteiger partial charge on any atom is 0.0438 e. The highest BCUT2D eigenvalue weighted by molar-refractivity contribution is 5.33. The minimum Gasteiger partial charge on any atom is -0.261 e. The first-order chi connectivity index (χ1) is 9.29. The molecule has 1 aromatic heterocycles. The molecule has 0 fully saturated rings. The van der Waals surface area contributed by atoms with Gasteiger partial charge in [-0.1, -0.05) is 54.4 Å². The number of aromatic nitrogens is 1. The fourth-order valence-electron chi connectivity index (χ4n) is 2.55. The van der Waals surface area contributed by atoms with E-state index in [9.17, 15) is 0 Å². The van der Waals surface area contributed by atoms with Crippen molar-refractivity contribution in [2.24, 2.45) is 0 Å². The number of rotatable bonds is 1. The molecule has 1 heteroatoms. The van der Waals surface area contributed by atoms with Gasteiger partial charge in [-0.05, 0) is 48.8 Å². The molecule has 0 bridgehead atoms. The third kappa shape index (κ3) is 5.76. The molecule has 0 unspecified atom stereocenters. The van der Waals surface area contributed by atoms with Crippen LogP contribution in [0.2, 0.25) is 0 Å². The van der Waals surface area contributed by atoms with E-state index in [1.54, 1.807) is 5.56 Å². The monoisotopic (exact) mass is 263 g/mol. The molecule has 1 heterocycles. The highest BCUT2D eigenvalue weighted by Crippen LogP contribution is 2.26. The summed E-state index contributed by atoms with van der Waals surface area (Å²) in [6, 6.07) is 2.21. The van der Waals surface area contributed by atoms with E-state index in [2.05, 4.69) is 24.9 Å². The lowest BCUT2D eigenvalue weighted by atomic mass is 9.89. The Balaban J connectivity index is 0.000000741. The molecule has 1 aromatic rings. The normalized spacial score (nSPS) is 14.1. The van der Waals surface area contributed by atoms with Gasteiger partial charge in [-0.2, -0.15) is 0 Å². The van der Waals surface area contributed by atoms with E-state index in [1.165, 1.54) is 49.8 Å². The Hall–Kier alpha value is -0.850. The first-order valence-corrected chi connectivity index (χ1v) is 8.25. The second kappa shape index (κ2) is 11.0. The minimum absolute atomic E-state index is 0.640. The van der Waals surface area contributed by atoms with Crippen LogP contribution in [0.4, 0.5) is 0 Å². The lowest BCUT2D eigenvalue weighted by Gasteiger charge is -2.18. The van der Waals surface area contributed by atoms with Crippen molar-refractivity contribution < 1.29 is 0 Å². The summed E-state index contributed by atoms with van der Waals surface area (Å²) < 4.78 is 0. The maximum atomic E-state index is 4.56.